The summed E-state index contributed by atoms with van der Waals surface area (Å²) in [5, 5.41) is 9.83. The fourth-order valence-electron chi connectivity index (χ4n) is 1.49. The highest BCUT2D eigenvalue weighted by Gasteiger charge is 2.39. The minimum atomic E-state index is -0.226. The van der Waals surface area contributed by atoms with Crippen molar-refractivity contribution in [1.29, 1.82) is 0 Å². The first kappa shape index (κ1) is 8.73. The van der Waals surface area contributed by atoms with Gasteiger partial charge in [-0.2, -0.15) is 0 Å². The second kappa shape index (κ2) is 3.13. The maximum Gasteiger partial charge on any atom is 0.0913 e. The molecule has 1 fully saturated rings. The van der Waals surface area contributed by atoms with Crippen molar-refractivity contribution in [3.63, 3.8) is 0 Å². The third-order valence-electron chi connectivity index (χ3n) is 2.46. The molecule has 0 bridgehead atoms. The van der Waals surface area contributed by atoms with Gasteiger partial charge in [0.1, 0.15) is 0 Å². The van der Waals surface area contributed by atoms with Crippen molar-refractivity contribution in [2.45, 2.75) is 19.4 Å². The average molecular weight is 247 g/mol. The Morgan fingerprint density at radius 2 is 2.33 bits per heavy atom. The molecule has 0 spiro atoms. The lowest BCUT2D eigenvalue weighted by Gasteiger charge is -2.05. The van der Waals surface area contributed by atoms with Crippen LogP contribution >= 0.6 is 27.3 Å². The summed E-state index contributed by atoms with van der Waals surface area (Å²) in [6, 6.07) is 4.00. The Morgan fingerprint density at radius 3 is 2.75 bits per heavy atom. The van der Waals surface area contributed by atoms with E-state index in [2.05, 4.69) is 22.9 Å². The molecule has 1 aliphatic carbocycles. The van der Waals surface area contributed by atoms with Gasteiger partial charge < -0.3 is 5.11 Å². The van der Waals surface area contributed by atoms with Crippen LogP contribution in [0.25, 0.3) is 0 Å². The zero-order valence-corrected chi connectivity index (χ0v) is 9.23. The molecular formula is C9H11BrOS. The summed E-state index contributed by atoms with van der Waals surface area (Å²) in [5.41, 5.74) is 0. The molecule has 1 aromatic rings. The molecule has 0 aromatic carbocycles. The van der Waals surface area contributed by atoms with E-state index >= 15 is 0 Å². The third kappa shape index (κ3) is 1.58. The van der Waals surface area contributed by atoms with Crippen LogP contribution in [0.2, 0.25) is 0 Å². The van der Waals surface area contributed by atoms with Crippen molar-refractivity contribution in [3.05, 3.63) is 20.8 Å². The number of aliphatic hydroxyl groups excluding tert-OH is 1. The van der Waals surface area contributed by atoms with Crippen LogP contribution in [0.15, 0.2) is 15.9 Å². The molecule has 2 rings (SSSR count). The van der Waals surface area contributed by atoms with Gasteiger partial charge in [0.25, 0.3) is 0 Å². The summed E-state index contributed by atoms with van der Waals surface area (Å²) in [4.78, 5) is 1.09. The van der Waals surface area contributed by atoms with E-state index in [1.807, 2.05) is 12.1 Å². The first-order valence-corrected chi connectivity index (χ1v) is 5.72. The zero-order chi connectivity index (χ0) is 8.72. The van der Waals surface area contributed by atoms with Gasteiger partial charge in [-0.15, -0.1) is 11.3 Å². The monoisotopic (exact) mass is 246 g/mol. The van der Waals surface area contributed by atoms with E-state index in [0.29, 0.717) is 11.8 Å². The second-order valence-corrected chi connectivity index (χ2v) is 5.96. The molecule has 0 amide bonds. The molecule has 3 atom stereocenters. The van der Waals surface area contributed by atoms with E-state index in [1.165, 1.54) is 6.42 Å². The van der Waals surface area contributed by atoms with Crippen LogP contribution in [0, 0.1) is 11.8 Å². The molecule has 1 aliphatic rings. The summed E-state index contributed by atoms with van der Waals surface area (Å²) in [6.07, 6.45) is 0.952. The Morgan fingerprint density at radius 1 is 1.67 bits per heavy atom. The quantitative estimate of drug-likeness (QED) is 0.850. The van der Waals surface area contributed by atoms with Crippen LogP contribution in [0.4, 0.5) is 0 Å². The van der Waals surface area contributed by atoms with Crippen molar-refractivity contribution in [2.24, 2.45) is 11.8 Å². The molecule has 0 saturated heterocycles. The lowest BCUT2D eigenvalue weighted by atomic mass is 10.2. The SMILES string of the molecule is CC1CC1C(O)c1ccc(Br)s1. The summed E-state index contributed by atoms with van der Waals surface area (Å²) in [7, 11) is 0. The Balaban J connectivity index is 2.09. The van der Waals surface area contributed by atoms with Crippen molar-refractivity contribution in [3.8, 4) is 0 Å². The Labute approximate surface area is 84.6 Å². The lowest BCUT2D eigenvalue weighted by Crippen LogP contribution is -1.97. The first-order chi connectivity index (χ1) is 5.68. The Kier molecular flexibility index (Phi) is 2.27. The number of thiophene rings is 1. The van der Waals surface area contributed by atoms with Gasteiger partial charge in [-0.05, 0) is 46.3 Å². The predicted octanol–water partition coefficient (Wildman–Crippen LogP) is 3.20. The highest BCUT2D eigenvalue weighted by Crippen LogP contribution is 2.48. The number of hydrogen-bond acceptors (Lipinski definition) is 2. The number of aliphatic hydroxyl groups is 1. The van der Waals surface area contributed by atoms with E-state index in [1.54, 1.807) is 11.3 Å². The topological polar surface area (TPSA) is 20.2 Å². The van der Waals surface area contributed by atoms with E-state index in [9.17, 15) is 5.11 Å². The molecule has 0 radical (unpaired) electrons. The van der Waals surface area contributed by atoms with Gasteiger partial charge in [-0.3, -0.25) is 0 Å². The van der Waals surface area contributed by atoms with Crippen molar-refractivity contribution < 1.29 is 5.11 Å². The number of rotatable bonds is 2. The van der Waals surface area contributed by atoms with E-state index < -0.39 is 0 Å². The molecule has 1 N–H and O–H groups in total. The van der Waals surface area contributed by atoms with E-state index in [-0.39, 0.29) is 6.10 Å². The van der Waals surface area contributed by atoms with Gasteiger partial charge in [-0.25, -0.2) is 0 Å². The van der Waals surface area contributed by atoms with Gasteiger partial charge in [0, 0.05) is 4.88 Å². The second-order valence-electron chi connectivity index (χ2n) is 3.46. The smallest absolute Gasteiger partial charge is 0.0913 e. The maximum atomic E-state index is 9.83. The molecule has 1 heterocycles. The molecule has 66 valence electrons. The minimum absolute atomic E-state index is 0.226. The Bertz CT molecular complexity index is 284. The molecule has 1 saturated carbocycles. The lowest BCUT2D eigenvalue weighted by molar-refractivity contribution is 0.152. The summed E-state index contributed by atoms with van der Waals surface area (Å²) in [6.45, 7) is 2.19. The molecule has 3 unspecified atom stereocenters. The maximum absolute atomic E-state index is 9.83. The van der Waals surface area contributed by atoms with Crippen LogP contribution in [0.3, 0.4) is 0 Å². The molecule has 1 nitrogen and oxygen atoms in total. The van der Waals surface area contributed by atoms with Crippen molar-refractivity contribution in [2.75, 3.05) is 0 Å². The highest BCUT2D eigenvalue weighted by molar-refractivity contribution is 9.11. The summed E-state index contributed by atoms with van der Waals surface area (Å²) in [5.74, 6) is 1.22. The molecular weight excluding hydrogens is 236 g/mol. The van der Waals surface area contributed by atoms with Gasteiger partial charge >= 0.3 is 0 Å². The minimum Gasteiger partial charge on any atom is -0.387 e. The van der Waals surface area contributed by atoms with Crippen molar-refractivity contribution in [1.82, 2.24) is 0 Å². The van der Waals surface area contributed by atoms with Gasteiger partial charge in [-0.1, -0.05) is 6.92 Å². The average Bonchev–Trinajstić information content (AvgIpc) is 2.58. The van der Waals surface area contributed by atoms with Gasteiger partial charge in [0.15, 0.2) is 0 Å². The molecule has 1 aromatic heterocycles. The molecule has 3 heteroatoms. The van der Waals surface area contributed by atoms with Gasteiger partial charge in [0.2, 0.25) is 0 Å². The van der Waals surface area contributed by atoms with Crippen LogP contribution in [-0.4, -0.2) is 5.11 Å². The Hall–Kier alpha value is 0.140. The number of hydrogen-bond donors (Lipinski definition) is 1. The first-order valence-electron chi connectivity index (χ1n) is 4.12. The fraction of sp³-hybridized carbons (Fsp3) is 0.556. The number of halogens is 1. The summed E-state index contributed by atoms with van der Waals surface area (Å²) < 4.78 is 1.10. The molecule has 12 heavy (non-hydrogen) atoms. The van der Waals surface area contributed by atoms with Crippen molar-refractivity contribution >= 4 is 27.3 Å². The van der Waals surface area contributed by atoms with E-state index in [4.69, 9.17) is 0 Å². The fourth-order valence-corrected chi connectivity index (χ4v) is 2.97. The largest absolute Gasteiger partial charge is 0.387 e. The van der Waals surface area contributed by atoms with Crippen LogP contribution in [-0.2, 0) is 0 Å². The van der Waals surface area contributed by atoms with Gasteiger partial charge in [0.05, 0.1) is 9.89 Å². The normalized spacial score (nSPS) is 30.2. The summed E-state index contributed by atoms with van der Waals surface area (Å²) >= 11 is 5.03. The van der Waals surface area contributed by atoms with Crippen LogP contribution < -0.4 is 0 Å². The third-order valence-corrected chi connectivity index (χ3v) is 4.16. The van der Waals surface area contributed by atoms with Crippen LogP contribution in [0.5, 0.6) is 0 Å². The highest BCUT2D eigenvalue weighted by atomic mass is 79.9. The van der Waals surface area contributed by atoms with E-state index in [0.717, 1.165) is 8.66 Å². The predicted molar refractivity (Wildman–Crippen MR) is 54.2 cm³/mol. The standard InChI is InChI=1S/C9H11BrOS/c1-5-4-6(5)9(11)7-2-3-8(10)12-7/h2-3,5-6,9,11H,4H2,1H3. The zero-order valence-electron chi connectivity index (χ0n) is 6.83. The van der Waals surface area contributed by atoms with Crippen LogP contribution in [0.1, 0.15) is 24.3 Å². The molecule has 0 aliphatic heterocycles.